The summed E-state index contributed by atoms with van der Waals surface area (Å²) in [5, 5.41) is 2.32. The topological polar surface area (TPSA) is 16.4 Å². The van der Waals surface area contributed by atoms with E-state index >= 15 is 0 Å². The van der Waals surface area contributed by atoms with Crippen LogP contribution in [0.4, 0.5) is 17.1 Å². The first-order valence-corrected chi connectivity index (χ1v) is 18.3. The number of anilines is 3. The third-order valence-electron chi connectivity index (χ3n) is 9.99. The highest BCUT2D eigenvalue weighted by Crippen LogP contribution is 2.45. The molecule has 0 unspecified atom stereocenters. The SMILES string of the molecule is [2H]c1c([2H])c(N(c2ccccc2-c2cccc3c2oc2c4ccccc4ccc32)c2c([2H])c([2H])c(-c3c([2H])c([2H])c(-c4c([2H])c([2H])c([2H])c5c([2H])c([2H])c([2H])c([2H])c45)c([2H])c3[2H])c([2H])c2[2H])c([2H])c([2H])c1-c1ccccc1. The van der Waals surface area contributed by atoms with Crippen molar-refractivity contribution in [1.82, 2.24) is 0 Å². The second-order valence-electron chi connectivity index (χ2n) is 13.4. The Balaban J connectivity index is 1.19. The molecule has 11 rings (SSSR count). The Morgan fingerprint density at radius 2 is 0.914 bits per heavy atom. The molecule has 0 bridgehead atoms. The van der Waals surface area contributed by atoms with Gasteiger partial charge in [-0.1, -0.05) is 188 Å². The molecule has 10 aromatic carbocycles. The fourth-order valence-corrected chi connectivity index (χ4v) is 7.26. The smallest absolute Gasteiger partial charge is 0.143 e. The summed E-state index contributed by atoms with van der Waals surface area (Å²) < 4.78 is 181. The van der Waals surface area contributed by atoms with Gasteiger partial charge in [0.1, 0.15) is 11.2 Å². The fraction of sp³-hybridized carbons (Fsp3) is 0. The van der Waals surface area contributed by atoms with Crippen LogP contribution in [0, 0.1) is 0 Å². The molecule has 1 heterocycles. The minimum absolute atomic E-state index is 0.0426. The number of fused-ring (bicyclic) bond motifs is 6. The van der Waals surface area contributed by atoms with E-state index in [2.05, 4.69) is 0 Å². The van der Waals surface area contributed by atoms with E-state index in [9.17, 15) is 16.4 Å². The van der Waals surface area contributed by atoms with Crippen LogP contribution in [-0.4, -0.2) is 0 Å². The minimum atomic E-state index is -0.936. The Morgan fingerprint density at radius 3 is 1.71 bits per heavy atom. The van der Waals surface area contributed by atoms with E-state index in [-0.39, 0.29) is 11.3 Å². The zero-order valence-corrected chi connectivity index (χ0v) is 30.2. The van der Waals surface area contributed by atoms with Crippen LogP contribution in [-0.2, 0) is 0 Å². The van der Waals surface area contributed by atoms with E-state index in [0.717, 1.165) is 26.4 Å². The van der Waals surface area contributed by atoms with Crippen LogP contribution in [0.15, 0.2) is 228 Å². The lowest BCUT2D eigenvalue weighted by molar-refractivity contribution is 0.674. The Morgan fingerprint density at radius 1 is 0.328 bits per heavy atom. The van der Waals surface area contributed by atoms with Gasteiger partial charge in [0.15, 0.2) is 0 Å². The van der Waals surface area contributed by atoms with E-state index < -0.39 is 159 Å². The summed E-state index contributed by atoms with van der Waals surface area (Å²) in [6, 6.07) is 17.2. The van der Waals surface area contributed by atoms with Crippen molar-refractivity contribution < 1.29 is 30.5 Å². The van der Waals surface area contributed by atoms with Gasteiger partial charge in [0.2, 0.25) is 0 Å². The third-order valence-corrected chi connectivity index (χ3v) is 9.99. The average molecular weight is 759 g/mol. The maximum Gasteiger partial charge on any atom is 0.143 e. The van der Waals surface area contributed by atoms with Gasteiger partial charge in [-0.15, -0.1) is 0 Å². The lowest BCUT2D eigenvalue weighted by atomic mass is 9.96. The van der Waals surface area contributed by atoms with Gasteiger partial charge in [-0.3, -0.25) is 0 Å². The van der Waals surface area contributed by atoms with Gasteiger partial charge >= 0.3 is 0 Å². The average Bonchev–Trinajstić information content (AvgIpc) is 3.85. The monoisotopic (exact) mass is 758 g/mol. The van der Waals surface area contributed by atoms with E-state index in [4.69, 9.17) is 14.0 Å². The van der Waals surface area contributed by atoms with E-state index in [1.807, 2.05) is 48.5 Å². The summed E-state index contributed by atoms with van der Waals surface area (Å²) in [5.74, 6) is 0. The van der Waals surface area contributed by atoms with Crippen LogP contribution in [0.25, 0.3) is 88.0 Å². The number of furan rings is 1. The Labute approximate surface area is 364 Å². The predicted molar refractivity (Wildman–Crippen MR) is 245 cm³/mol. The second-order valence-corrected chi connectivity index (χ2v) is 13.4. The van der Waals surface area contributed by atoms with Crippen LogP contribution in [0.2, 0.25) is 0 Å². The first-order chi connectivity index (χ1) is 36.7. The molecule has 1 aromatic heterocycles. The first-order valence-electron chi connectivity index (χ1n) is 27.8. The Bertz CT molecular complexity index is 4310. The molecule has 272 valence electrons. The molecule has 0 aliphatic carbocycles. The van der Waals surface area contributed by atoms with Crippen LogP contribution >= 0.6 is 0 Å². The number of rotatable bonds is 7. The Kier molecular flexibility index (Phi) is 4.73. The van der Waals surface area contributed by atoms with Gasteiger partial charge in [-0.2, -0.15) is 0 Å². The zero-order valence-electron chi connectivity index (χ0n) is 49.2. The highest BCUT2D eigenvalue weighted by atomic mass is 16.3. The molecular weight excluding hydrogens is 703 g/mol. The molecule has 0 saturated carbocycles. The molecule has 0 amide bonds. The van der Waals surface area contributed by atoms with Crippen LogP contribution in [0.5, 0.6) is 0 Å². The minimum Gasteiger partial charge on any atom is -0.455 e. The van der Waals surface area contributed by atoms with Crippen molar-refractivity contribution in [3.63, 3.8) is 0 Å². The lowest BCUT2D eigenvalue weighted by Gasteiger charge is -2.28. The molecule has 0 atom stereocenters. The molecule has 0 N–H and O–H groups in total. The molecule has 0 saturated heterocycles. The van der Waals surface area contributed by atoms with Crippen LogP contribution in [0.3, 0.4) is 0 Å². The van der Waals surface area contributed by atoms with E-state index in [0.29, 0.717) is 27.9 Å². The molecular formula is C56H37NO. The lowest BCUT2D eigenvalue weighted by Crippen LogP contribution is -2.11. The van der Waals surface area contributed by atoms with Crippen molar-refractivity contribution in [3.8, 4) is 44.5 Å². The first kappa shape index (κ1) is 19.5. The van der Waals surface area contributed by atoms with Crippen molar-refractivity contribution in [2.75, 3.05) is 4.90 Å². The highest BCUT2D eigenvalue weighted by molar-refractivity contribution is 6.17. The Hall–Kier alpha value is -7.68. The van der Waals surface area contributed by atoms with Crippen molar-refractivity contribution in [1.29, 1.82) is 0 Å². The zero-order chi connectivity index (χ0) is 55.0. The van der Waals surface area contributed by atoms with Crippen molar-refractivity contribution in [3.05, 3.63) is 224 Å². The number of benzene rings is 10. The van der Waals surface area contributed by atoms with E-state index in [1.165, 1.54) is 0 Å². The highest BCUT2D eigenvalue weighted by Gasteiger charge is 2.21. The molecule has 0 spiro atoms. The third kappa shape index (κ3) is 5.82. The van der Waals surface area contributed by atoms with Crippen LogP contribution in [0.1, 0.15) is 26.0 Å². The van der Waals surface area contributed by atoms with Gasteiger partial charge < -0.3 is 9.32 Å². The molecule has 0 radical (unpaired) electrons. The molecule has 11 aromatic rings. The maximum absolute atomic E-state index is 9.78. The van der Waals surface area contributed by atoms with E-state index in [1.54, 1.807) is 60.7 Å². The molecule has 0 aliphatic heterocycles. The summed E-state index contributed by atoms with van der Waals surface area (Å²) in [6.45, 7) is 0. The summed E-state index contributed by atoms with van der Waals surface area (Å²) >= 11 is 0. The molecule has 2 heteroatoms. The summed E-state index contributed by atoms with van der Waals surface area (Å²) in [5.41, 5.74) is -1.48. The number of nitrogens with zero attached hydrogens (tertiary/aromatic N) is 1. The van der Waals surface area contributed by atoms with Crippen molar-refractivity contribution in [2.45, 2.75) is 0 Å². The molecule has 2 nitrogen and oxygen atoms in total. The van der Waals surface area contributed by atoms with Gasteiger partial charge in [-0.25, -0.2) is 0 Å². The fourth-order valence-electron chi connectivity index (χ4n) is 7.26. The predicted octanol–water partition coefficient (Wildman–Crippen LogP) is 16.0. The molecule has 58 heavy (non-hydrogen) atoms. The largest absolute Gasteiger partial charge is 0.455 e. The van der Waals surface area contributed by atoms with Gasteiger partial charge in [0.25, 0.3) is 0 Å². The molecule has 0 fully saturated rings. The number of hydrogen-bond acceptors (Lipinski definition) is 2. The van der Waals surface area contributed by atoms with Crippen molar-refractivity contribution in [2.24, 2.45) is 0 Å². The normalized spacial score (nSPS) is 16.0. The standard InChI is InChI=1S/C56H37NO/c1-2-12-38(13-3-1)40-28-33-45(34-29-40)57(46-35-30-41(31-36-46)39-24-26-44(27-25-39)48-20-10-16-42-14-4-6-17-47(42)48)54-23-9-8-19-50(54)51-21-11-22-52-53-37-32-43-15-5-7-18-49(43)55(53)58-56(51)52/h1-37H/i4D,6D,10D,14D,16D,17D,20D,24D,25D,26D,27D,28D,29D,30D,31D,33D,34D,35D,36D. The van der Waals surface area contributed by atoms with Gasteiger partial charge in [0.05, 0.1) is 31.7 Å². The van der Waals surface area contributed by atoms with Gasteiger partial charge in [0, 0.05) is 38.7 Å². The number of para-hydroxylation sites is 2. The van der Waals surface area contributed by atoms with Gasteiger partial charge in [-0.05, 0) is 85.8 Å². The quantitative estimate of drug-likeness (QED) is 0.161. The summed E-state index contributed by atoms with van der Waals surface area (Å²) in [7, 11) is 0. The van der Waals surface area contributed by atoms with Crippen LogP contribution < -0.4 is 4.90 Å². The van der Waals surface area contributed by atoms with Crippen molar-refractivity contribution >= 4 is 60.5 Å². The number of hydrogen-bond donors (Lipinski definition) is 0. The maximum atomic E-state index is 9.78. The second kappa shape index (κ2) is 14.1. The summed E-state index contributed by atoms with van der Waals surface area (Å²) in [4.78, 5) is 1.13. The summed E-state index contributed by atoms with van der Waals surface area (Å²) in [6.07, 6.45) is 0. The molecule has 0 aliphatic rings.